The highest BCUT2D eigenvalue weighted by atomic mass is 16.2. The summed E-state index contributed by atoms with van der Waals surface area (Å²) in [5.74, 6) is 0.575. The van der Waals surface area contributed by atoms with Crippen LogP contribution >= 0.6 is 0 Å². The number of likely N-dealkylation sites (tertiary alicyclic amines) is 1. The molecule has 1 unspecified atom stereocenters. The largest absolute Gasteiger partial charge is 0.347 e. The molecule has 0 saturated carbocycles. The minimum absolute atomic E-state index is 0.131. The van der Waals surface area contributed by atoms with Gasteiger partial charge >= 0.3 is 0 Å². The number of aromatic nitrogens is 2. The second-order valence-electron chi connectivity index (χ2n) is 8.20. The number of nitrogens with zero attached hydrogens (tertiary/aromatic N) is 3. The Morgan fingerprint density at radius 2 is 2.03 bits per heavy atom. The number of aromatic amines is 1. The first-order chi connectivity index (χ1) is 14.2. The van der Waals surface area contributed by atoms with Crippen LogP contribution in [0.4, 0.5) is 0 Å². The fourth-order valence-electron chi connectivity index (χ4n) is 4.49. The molecule has 1 aromatic heterocycles. The minimum atomic E-state index is 0.131. The molecule has 6 nitrogen and oxygen atoms in total. The summed E-state index contributed by atoms with van der Waals surface area (Å²) in [4.78, 5) is 36.7. The molecule has 29 heavy (non-hydrogen) atoms. The number of imidazole rings is 1. The lowest BCUT2D eigenvalue weighted by atomic mass is 9.91. The average Bonchev–Trinajstić information content (AvgIpc) is 3.13. The molecule has 6 heteroatoms. The number of nitrogens with one attached hydrogen (secondary N) is 1. The molecular formula is C23H30N4O2. The Bertz CT molecular complexity index is 832. The summed E-state index contributed by atoms with van der Waals surface area (Å²) in [7, 11) is 0. The van der Waals surface area contributed by atoms with Crippen molar-refractivity contribution >= 4 is 11.8 Å². The van der Waals surface area contributed by atoms with E-state index in [-0.39, 0.29) is 17.7 Å². The van der Waals surface area contributed by atoms with Crippen LogP contribution in [0.15, 0.2) is 36.7 Å². The van der Waals surface area contributed by atoms with E-state index in [1.807, 2.05) is 15.9 Å². The van der Waals surface area contributed by atoms with E-state index in [0.29, 0.717) is 32.5 Å². The van der Waals surface area contributed by atoms with E-state index < -0.39 is 0 Å². The Morgan fingerprint density at radius 3 is 2.90 bits per heavy atom. The average molecular weight is 395 g/mol. The summed E-state index contributed by atoms with van der Waals surface area (Å²) >= 11 is 0. The molecule has 1 saturated heterocycles. The van der Waals surface area contributed by atoms with Gasteiger partial charge in [-0.2, -0.15) is 0 Å². The molecule has 1 fully saturated rings. The first-order valence-electron chi connectivity index (χ1n) is 10.8. The molecule has 0 bridgehead atoms. The summed E-state index contributed by atoms with van der Waals surface area (Å²) in [5, 5.41) is 0. The SMILES string of the molecule is O=C1CCCCCN1CCC(=O)N1Cc2[nH]cnc2C(CCc2ccccc2)C1. The molecule has 4 rings (SSSR count). The van der Waals surface area contributed by atoms with Gasteiger partial charge in [0, 0.05) is 38.4 Å². The van der Waals surface area contributed by atoms with Crippen molar-refractivity contribution in [1.82, 2.24) is 19.8 Å². The molecule has 2 amide bonds. The Morgan fingerprint density at radius 1 is 1.17 bits per heavy atom. The number of rotatable bonds is 6. The molecule has 1 N–H and O–H groups in total. The van der Waals surface area contributed by atoms with Crippen molar-refractivity contribution in [3.63, 3.8) is 0 Å². The molecule has 3 heterocycles. The number of benzene rings is 1. The number of hydrogen-bond acceptors (Lipinski definition) is 3. The van der Waals surface area contributed by atoms with Crippen molar-refractivity contribution in [2.45, 2.75) is 57.4 Å². The first kappa shape index (κ1) is 19.7. The van der Waals surface area contributed by atoms with E-state index in [9.17, 15) is 9.59 Å². The highest BCUT2D eigenvalue weighted by Crippen LogP contribution is 2.30. The van der Waals surface area contributed by atoms with Crippen LogP contribution in [0.1, 0.15) is 61.4 Å². The van der Waals surface area contributed by atoms with Crippen LogP contribution in [0.3, 0.4) is 0 Å². The highest BCUT2D eigenvalue weighted by Gasteiger charge is 2.30. The van der Waals surface area contributed by atoms with Crippen molar-refractivity contribution in [3.05, 3.63) is 53.6 Å². The quantitative estimate of drug-likeness (QED) is 0.818. The smallest absolute Gasteiger partial charge is 0.224 e. The van der Waals surface area contributed by atoms with E-state index in [2.05, 4.69) is 34.2 Å². The third-order valence-corrected chi connectivity index (χ3v) is 6.17. The standard InChI is InChI=1S/C23H30N4O2/c28-21-9-5-2-6-13-26(21)14-12-22(29)27-15-19(23-20(16-27)24-17-25-23)11-10-18-7-3-1-4-8-18/h1,3-4,7-8,17,19H,2,5-6,9-16H2,(H,24,25). The minimum Gasteiger partial charge on any atom is -0.347 e. The number of aryl methyl sites for hydroxylation is 1. The van der Waals surface area contributed by atoms with Gasteiger partial charge in [-0.05, 0) is 31.2 Å². The number of H-pyrrole nitrogens is 1. The Kier molecular flexibility index (Phi) is 6.27. The molecule has 0 aliphatic carbocycles. The third-order valence-electron chi connectivity index (χ3n) is 6.17. The van der Waals surface area contributed by atoms with Gasteiger partial charge in [-0.1, -0.05) is 36.8 Å². The molecule has 1 atom stereocenters. The number of amides is 2. The lowest BCUT2D eigenvalue weighted by Crippen LogP contribution is -2.41. The fraction of sp³-hybridized carbons (Fsp3) is 0.522. The van der Waals surface area contributed by atoms with E-state index in [1.54, 1.807) is 6.33 Å². The summed E-state index contributed by atoms with van der Waals surface area (Å²) < 4.78 is 0. The number of hydrogen-bond donors (Lipinski definition) is 1. The van der Waals surface area contributed by atoms with Crippen molar-refractivity contribution in [2.24, 2.45) is 0 Å². The first-order valence-corrected chi connectivity index (χ1v) is 10.8. The summed E-state index contributed by atoms with van der Waals surface area (Å²) in [6.45, 7) is 2.62. The van der Waals surface area contributed by atoms with Gasteiger partial charge in [0.25, 0.3) is 0 Å². The monoisotopic (exact) mass is 394 g/mol. The fourth-order valence-corrected chi connectivity index (χ4v) is 4.49. The van der Waals surface area contributed by atoms with Gasteiger partial charge in [-0.15, -0.1) is 0 Å². The second-order valence-corrected chi connectivity index (χ2v) is 8.20. The Hall–Kier alpha value is -2.63. The highest BCUT2D eigenvalue weighted by molar-refractivity contribution is 5.79. The number of carbonyl (C=O) groups is 2. The van der Waals surface area contributed by atoms with Crippen molar-refractivity contribution in [1.29, 1.82) is 0 Å². The molecule has 0 spiro atoms. The van der Waals surface area contributed by atoms with E-state index in [0.717, 1.165) is 50.0 Å². The molecule has 2 aliphatic rings. The van der Waals surface area contributed by atoms with Gasteiger partial charge in [0.1, 0.15) is 0 Å². The van der Waals surface area contributed by atoms with Gasteiger partial charge in [-0.3, -0.25) is 9.59 Å². The molecule has 0 radical (unpaired) electrons. The summed E-state index contributed by atoms with van der Waals surface area (Å²) in [5.41, 5.74) is 3.47. The van der Waals surface area contributed by atoms with E-state index >= 15 is 0 Å². The molecule has 2 aromatic rings. The maximum atomic E-state index is 12.9. The summed E-state index contributed by atoms with van der Waals surface area (Å²) in [6.07, 6.45) is 7.83. The predicted molar refractivity (Wildman–Crippen MR) is 111 cm³/mol. The van der Waals surface area contributed by atoms with Crippen LogP contribution in [0.5, 0.6) is 0 Å². The zero-order valence-electron chi connectivity index (χ0n) is 17.0. The summed E-state index contributed by atoms with van der Waals surface area (Å²) in [6, 6.07) is 10.5. The maximum Gasteiger partial charge on any atom is 0.224 e. The maximum absolute atomic E-state index is 12.9. The predicted octanol–water partition coefficient (Wildman–Crippen LogP) is 3.26. The van der Waals surface area contributed by atoms with Gasteiger partial charge in [0.15, 0.2) is 0 Å². The normalized spacial score (nSPS) is 19.7. The molecule has 1 aromatic carbocycles. The lowest BCUT2D eigenvalue weighted by Gasteiger charge is -2.33. The topological polar surface area (TPSA) is 69.3 Å². The van der Waals surface area contributed by atoms with Crippen LogP contribution in [0.25, 0.3) is 0 Å². The third kappa shape index (κ3) is 4.86. The van der Waals surface area contributed by atoms with E-state index in [4.69, 9.17) is 0 Å². The zero-order valence-corrected chi connectivity index (χ0v) is 17.0. The van der Waals surface area contributed by atoms with Crippen LogP contribution in [-0.4, -0.2) is 51.2 Å². The second kappa shape index (κ2) is 9.25. The van der Waals surface area contributed by atoms with Gasteiger partial charge in [0.2, 0.25) is 11.8 Å². The Labute approximate surface area is 172 Å². The van der Waals surface area contributed by atoms with Crippen LogP contribution in [0.2, 0.25) is 0 Å². The van der Waals surface area contributed by atoms with Crippen LogP contribution in [0, 0.1) is 0 Å². The van der Waals surface area contributed by atoms with Crippen molar-refractivity contribution in [3.8, 4) is 0 Å². The molecule has 2 aliphatic heterocycles. The molecular weight excluding hydrogens is 364 g/mol. The zero-order chi connectivity index (χ0) is 20.1. The van der Waals surface area contributed by atoms with Crippen LogP contribution in [-0.2, 0) is 22.6 Å². The Balaban J connectivity index is 1.36. The van der Waals surface area contributed by atoms with Gasteiger partial charge in [0.05, 0.1) is 24.3 Å². The lowest BCUT2D eigenvalue weighted by molar-refractivity contribution is -0.135. The van der Waals surface area contributed by atoms with Crippen molar-refractivity contribution < 1.29 is 9.59 Å². The van der Waals surface area contributed by atoms with Crippen molar-refractivity contribution in [2.75, 3.05) is 19.6 Å². The molecule has 154 valence electrons. The number of carbonyl (C=O) groups excluding carboxylic acids is 2. The number of fused-ring (bicyclic) bond motifs is 1. The van der Waals surface area contributed by atoms with Gasteiger partial charge in [-0.25, -0.2) is 4.98 Å². The van der Waals surface area contributed by atoms with Crippen LogP contribution < -0.4 is 0 Å². The van der Waals surface area contributed by atoms with Gasteiger partial charge < -0.3 is 14.8 Å². The van der Waals surface area contributed by atoms with E-state index in [1.165, 1.54) is 5.56 Å².